The number of rotatable bonds is 0. The van der Waals surface area contributed by atoms with Gasteiger partial charge >= 0.3 is 23.1 Å². The summed E-state index contributed by atoms with van der Waals surface area (Å²) in [7, 11) is 0. The molecular formula is C9H10MgOTi. The van der Waals surface area contributed by atoms with Crippen LogP contribution in [-0.2, 0) is 21.7 Å². The summed E-state index contributed by atoms with van der Waals surface area (Å²) in [5.74, 6) is 0.991. The summed E-state index contributed by atoms with van der Waals surface area (Å²) in [6.07, 6.45) is 4.10. The summed E-state index contributed by atoms with van der Waals surface area (Å²) < 4.78 is 5.34. The number of ether oxygens (including phenoxy) is 1. The zero-order chi connectivity index (χ0) is 6.81. The van der Waals surface area contributed by atoms with Crippen LogP contribution >= 0.6 is 0 Å². The van der Waals surface area contributed by atoms with Gasteiger partial charge in [0, 0.05) is 27.3 Å². The zero-order valence-electron chi connectivity index (χ0n) is 6.08. The molecule has 0 spiro atoms. The average molecular weight is 206 g/mol. The van der Waals surface area contributed by atoms with Gasteiger partial charge in [-0.25, -0.2) is 0 Å². The van der Waals surface area contributed by atoms with E-state index in [9.17, 15) is 0 Å². The number of hydrogen-bond donors (Lipinski definition) is 0. The van der Waals surface area contributed by atoms with Crippen LogP contribution in [0.15, 0.2) is 30.3 Å². The molecule has 0 saturated carbocycles. The van der Waals surface area contributed by atoms with Gasteiger partial charge in [0.25, 0.3) is 0 Å². The Labute approximate surface area is 103 Å². The van der Waals surface area contributed by atoms with E-state index in [1.54, 1.807) is 0 Å². The van der Waals surface area contributed by atoms with Gasteiger partial charge in [-0.3, -0.25) is 0 Å². The Bertz CT molecular complexity index is 273. The maximum Gasteiger partial charge on any atom is 0.316 e. The third-order valence-corrected chi connectivity index (χ3v) is 1.55. The van der Waals surface area contributed by atoms with Crippen LogP contribution in [0, 0.1) is 0 Å². The van der Waals surface area contributed by atoms with Crippen LogP contribution in [0.4, 0.5) is 0 Å². The molecule has 0 unspecified atom stereocenters. The normalized spacial score (nSPS) is 11.7. The van der Waals surface area contributed by atoms with Gasteiger partial charge in [-0.15, -0.1) is 0 Å². The minimum absolute atomic E-state index is 0. The summed E-state index contributed by atoms with van der Waals surface area (Å²) in [4.78, 5) is 0. The zero-order valence-corrected chi connectivity index (χ0v) is 7.64. The Kier molecular flexibility index (Phi) is 5.93. The van der Waals surface area contributed by atoms with Crippen molar-refractivity contribution in [1.29, 1.82) is 0 Å². The first-order chi connectivity index (χ1) is 4.97. The molecule has 1 nitrogen and oxygen atoms in total. The SMILES string of the molecule is C1=Cc2ccccc2OC1.[MgH2].[Ti]. The van der Waals surface area contributed by atoms with Crippen LogP contribution in [0.5, 0.6) is 5.75 Å². The summed E-state index contributed by atoms with van der Waals surface area (Å²) in [5.41, 5.74) is 1.17. The monoisotopic (exact) mass is 206 g/mol. The number of fused-ring (bicyclic) bond motifs is 1. The number of para-hydroxylation sites is 1. The summed E-state index contributed by atoms with van der Waals surface area (Å²) in [6, 6.07) is 8.03. The molecule has 1 heterocycles. The summed E-state index contributed by atoms with van der Waals surface area (Å²) in [5, 5.41) is 0. The fraction of sp³-hybridized carbons (Fsp3) is 0.111. The quantitative estimate of drug-likeness (QED) is 0.579. The predicted octanol–water partition coefficient (Wildman–Crippen LogP) is 1.17. The summed E-state index contributed by atoms with van der Waals surface area (Å²) >= 11 is 0. The van der Waals surface area contributed by atoms with Crippen molar-refractivity contribution in [1.82, 2.24) is 0 Å². The van der Waals surface area contributed by atoms with Crippen molar-refractivity contribution in [3.63, 3.8) is 0 Å². The fourth-order valence-electron chi connectivity index (χ4n) is 1.06. The Morgan fingerprint density at radius 3 is 2.67 bits per heavy atom. The van der Waals surface area contributed by atoms with Crippen molar-refractivity contribution in [3.05, 3.63) is 35.9 Å². The largest absolute Gasteiger partial charge is 0.489 e. The Morgan fingerprint density at radius 2 is 1.92 bits per heavy atom. The Morgan fingerprint density at radius 1 is 1.17 bits per heavy atom. The van der Waals surface area contributed by atoms with Gasteiger partial charge in [0.15, 0.2) is 0 Å². The van der Waals surface area contributed by atoms with Gasteiger partial charge in [0.05, 0.1) is 0 Å². The number of benzene rings is 1. The van der Waals surface area contributed by atoms with E-state index in [0.717, 1.165) is 5.75 Å². The maximum absolute atomic E-state index is 5.34. The molecule has 1 aliphatic heterocycles. The molecule has 58 valence electrons. The molecule has 0 saturated heterocycles. The maximum atomic E-state index is 5.34. The van der Waals surface area contributed by atoms with E-state index in [1.165, 1.54) is 5.56 Å². The molecule has 1 aromatic carbocycles. The van der Waals surface area contributed by atoms with Gasteiger partial charge < -0.3 is 4.74 Å². The van der Waals surface area contributed by atoms with Crippen LogP contribution in [0.2, 0.25) is 0 Å². The van der Waals surface area contributed by atoms with Crippen molar-refractivity contribution < 1.29 is 26.5 Å². The Hall–Kier alpha value is 0.241. The van der Waals surface area contributed by atoms with E-state index in [2.05, 4.69) is 6.08 Å². The van der Waals surface area contributed by atoms with E-state index in [1.807, 2.05) is 30.3 Å². The second-order valence-corrected chi connectivity index (χ2v) is 2.25. The molecule has 0 fully saturated rings. The molecule has 2 rings (SSSR count). The first-order valence-corrected chi connectivity index (χ1v) is 3.35. The van der Waals surface area contributed by atoms with Crippen molar-refractivity contribution >= 4 is 29.1 Å². The molecule has 0 amide bonds. The molecule has 1 aromatic rings. The molecule has 0 N–H and O–H groups in total. The predicted molar refractivity (Wildman–Crippen MR) is 49.5 cm³/mol. The smallest absolute Gasteiger partial charge is 0.316 e. The van der Waals surface area contributed by atoms with Gasteiger partial charge in [0.2, 0.25) is 0 Å². The van der Waals surface area contributed by atoms with E-state index >= 15 is 0 Å². The third-order valence-electron chi connectivity index (χ3n) is 1.55. The second kappa shape index (κ2) is 5.81. The van der Waals surface area contributed by atoms with Crippen LogP contribution in [-0.4, -0.2) is 29.7 Å². The molecule has 0 radical (unpaired) electrons. The minimum atomic E-state index is 0. The van der Waals surface area contributed by atoms with Gasteiger partial charge in [0.1, 0.15) is 12.4 Å². The second-order valence-electron chi connectivity index (χ2n) is 2.25. The van der Waals surface area contributed by atoms with Crippen LogP contribution in [0.1, 0.15) is 5.56 Å². The van der Waals surface area contributed by atoms with Crippen LogP contribution < -0.4 is 4.74 Å². The molecular weight excluding hydrogens is 196 g/mol. The molecule has 0 aliphatic carbocycles. The molecule has 0 aromatic heterocycles. The molecule has 0 atom stereocenters. The van der Waals surface area contributed by atoms with Crippen molar-refractivity contribution in [2.45, 2.75) is 0 Å². The third kappa shape index (κ3) is 2.63. The Balaban J connectivity index is 0.000000605. The van der Waals surface area contributed by atoms with Gasteiger partial charge in [-0.05, 0) is 12.1 Å². The van der Waals surface area contributed by atoms with Crippen molar-refractivity contribution in [2.24, 2.45) is 0 Å². The molecule has 0 bridgehead atoms. The first kappa shape index (κ1) is 12.2. The minimum Gasteiger partial charge on any atom is -0.489 e. The van der Waals surface area contributed by atoms with E-state index in [-0.39, 0.29) is 44.8 Å². The van der Waals surface area contributed by atoms with E-state index in [4.69, 9.17) is 4.74 Å². The van der Waals surface area contributed by atoms with Gasteiger partial charge in [-0.1, -0.05) is 24.3 Å². The first-order valence-electron chi connectivity index (χ1n) is 3.35. The van der Waals surface area contributed by atoms with Crippen LogP contribution in [0.3, 0.4) is 0 Å². The topological polar surface area (TPSA) is 9.23 Å². The molecule has 12 heavy (non-hydrogen) atoms. The van der Waals surface area contributed by atoms with Gasteiger partial charge in [-0.2, -0.15) is 0 Å². The number of hydrogen-bond acceptors (Lipinski definition) is 1. The fourth-order valence-corrected chi connectivity index (χ4v) is 1.06. The summed E-state index contributed by atoms with van der Waals surface area (Å²) in [6.45, 7) is 0.705. The standard InChI is InChI=1S/C9H8O.Mg.Ti.2H/c1-2-6-9-8(4-1)5-3-7-10-9;;;;/h1-6H,7H2;;;;. The van der Waals surface area contributed by atoms with Crippen molar-refractivity contribution in [2.75, 3.05) is 6.61 Å². The molecule has 1 aliphatic rings. The molecule has 3 heteroatoms. The van der Waals surface area contributed by atoms with Crippen molar-refractivity contribution in [3.8, 4) is 5.75 Å². The average Bonchev–Trinajstić information content (AvgIpc) is 2.05. The van der Waals surface area contributed by atoms with E-state index in [0.29, 0.717) is 6.61 Å². The van der Waals surface area contributed by atoms with Crippen LogP contribution in [0.25, 0.3) is 6.08 Å². The van der Waals surface area contributed by atoms with E-state index < -0.39 is 0 Å².